The van der Waals surface area contributed by atoms with Gasteiger partial charge in [-0.3, -0.25) is 0 Å². The molecule has 2 N–H and O–H groups in total. The molecule has 0 aliphatic heterocycles. The van der Waals surface area contributed by atoms with Crippen LogP contribution in [0.3, 0.4) is 0 Å². The fourth-order valence-electron chi connectivity index (χ4n) is 6.29. The third-order valence-electron chi connectivity index (χ3n) is 9.42. The molecule has 0 aliphatic carbocycles. The molecular formula is C42H86O9. The molecule has 0 aromatic heterocycles. The monoisotopic (exact) mass is 735 g/mol. The van der Waals surface area contributed by atoms with Crippen LogP contribution in [0.15, 0.2) is 0 Å². The minimum absolute atomic E-state index is 0.0299. The Hall–Kier alpha value is -0.360. The maximum atomic E-state index is 10.2. The average Bonchev–Trinajstić information content (AvgIpc) is 3.14. The van der Waals surface area contributed by atoms with Crippen molar-refractivity contribution in [1.82, 2.24) is 0 Å². The molecule has 0 spiro atoms. The van der Waals surface area contributed by atoms with Crippen LogP contribution in [-0.4, -0.2) is 115 Å². The molecule has 2 unspecified atom stereocenters. The van der Waals surface area contributed by atoms with Crippen molar-refractivity contribution in [3.8, 4) is 0 Å². The second kappa shape index (κ2) is 45.8. The molecule has 2 atom stereocenters. The fraction of sp³-hybridized carbons (Fsp3) is 1.00. The summed E-state index contributed by atoms with van der Waals surface area (Å²) in [4.78, 5) is 0. The third kappa shape index (κ3) is 40.7. The maximum absolute atomic E-state index is 10.2. The normalized spacial score (nSPS) is 12.9. The minimum Gasteiger partial charge on any atom is -0.394 e. The topological polar surface area (TPSA) is 105 Å². The van der Waals surface area contributed by atoms with Crippen LogP contribution < -0.4 is 0 Å². The van der Waals surface area contributed by atoms with Crippen LogP contribution >= 0.6 is 0 Å². The minimum atomic E-state index is -0.153. The van der Waals surface area contributed by atoms with Crippen molar-refractivity contribution >= 4 is 0 Å². The van der Waals surface area contributed by atoms with Gasteiger partial charge in [-0.2, -0.15) is 0 Å². The molecule has 0 rings (SSSR count). The lowest BCUT2D eigenvalue weighted by molar-refractivity contribution is -0.0582. The lowest BCUT2D eigenvalue weighted by atomic mass is 9.90. The number of ether oxygens (including phenoxy) is 7. The van der Waals surface area contributed by atoms with E-state index in [9.17, 15) is 5.11 Å². The van der Waals surface area contributed by atoms with Crippen LogP contribution in [0.25, 0.3) is 0 Å². The third-order valence-corrected chi connectivity index (χ3v) is 9.42. The van der Waals surface area contributed by atoms with Crippen LogP contribution in [0.5, 0.6) is 0 Å². The van der Waals surface area contributed by atoms with E-state index in [-0.39, 0.29) is 19.3 Å². The van der Waals surface area contributed by atoms with Gasteiger partial charge in [0.2, 0.25) is 0 Å². The largest absolute Gasteiger partial charge is 0.394 e. The molecule has 0 heterocycles. The second-order valence-electron chi connectivity index (χ2n) is 14.0. The molecule has 0 radical (unpaired) electrons. The zero-order chi connectivity index (χ0) is 37.0. The van der Waals surface area contributed by atoms with Crippen molar-refractivity contribution in [2.24, 2.45) is 5.92 Å². The van der Waals surface area contributed by atoms with Gasteiger partial charge >= 0.3 is 0 Å². The van der Waals surface area contributed by atoms with Crippen LogP contribution in [0.2, 0.25) is 0 Å². The first kappa shape index (κ1) is 50.6. The number of rotatable bonds is 46. The Bertz CT molecular complexity index is 613. The van der Waals surface area contributed by atoms with Gasteiger partial charge in [-0.05, 0) is 31.6 Å². The number of aliphatic hydroxyl groups excluding tert-OH is 2. The molecule has 308 valence electrons. The van der Waals surface area contributed by atoms with Crippen molar-refractivity contribution in [1.29, 1.82) is 0 Å². The van der Waals surface area contributed by atoms with Gasteiger partial charge in [0.05, 0.1) is 92.0 Å². The van der Waals surface area contributed by atoms with Crippen LogP contribution in [0, 0.1) is 5.92 Å². The molecule has 0 saturated heterocycles. The Labute approximate surface area is 315 Å². The van der Waals surface area contributed by atoms with E-state index >= 15 is 0 Å². The van der Waals surface area contributed by atoms with E-state index < -0.39 is 0 Å². The van der Waals surface area contributed by atoms with Crippen LogP contribution in [-0.2, 0) is 33.2 Å². The Morgan fingerprint density at radius 3 is 1.10 bits per heavy atom. The number of hydrogen-bond acceptors (Lipinski definition) is 9. The molecular weight excluding hydrogens is 648 g/mol. The van der Waals surface area contributed by atoms with Crippen molar-refractivity contribution in [2.75, 3.05) is 99.1 Å². The van der Waals surface area contributed by atoms with E-state index in [1.54, 1.807) is 0 Å². The predicted molar refractivity (Wildman–Crippen MR) is 210 cm³/mol. The highest BCUT2D eigenvalue weighted by atomic mass is 16.6. The zero-order valence-electron chi connectivity index (χ0n) is 33.8. The first-order valence-electron chi connectivity index (χ1n) is 21.6. The molecule has 0 aromatic rings. The lowest BCUT2D eigenvalue weighted by Gasteiger charge is -2.26. The quantitative estimate of drug-likeness (QED) is 0.0593. The summed E-state index contributed by atoms with van der Waals surface area (Å²) < 4.78 is 39.5. The van der Waals surface area contributed by atoms with Crippen LogP contribution in [0.4, 0.5) is 0 Å². The van der Waals surface area contributed by atoms with E-state index in [1.165, 1.54) is 128 Å². The van der Waals surface area contributed by atoms with Gasteiger partial charge in [-0.1, -0.05) is 136 Å². The van der Waals surface area contributed by atoms with Crippen LogP contribution in [0.1, 0.15) is 162 Å². The van der Waals surface area contributed by atoms with E-state index in [0.29, 0.717) is 78.6 Å². The smallest absolute Gasteiger partial charge is 0.0834 e. The number of aliphatic hydroxyl groups is 2. The van der Waals surface area contributed by atoms with Gasteiger partial charge in [0.25, 0.3) is 0 Å². The zero-order valence-corrected chi connectivity index (χ0v) is 33.8. The number of unbranched alkanes of at least 4 members (excludes halogenated alkanes) is 18. The van der Waals surface area contributed by atoms with Gasteiger partial charge in [0, 0.05) is 13.2 Å². The highest BCUT2D eigenvalue weighted by Crippen LogP contribution is 2.23. The number of hydrogen-bond donors (Lipinski definition) is 2. The molecule has 9 heteroatoms. The summed E-state index contributed by atoms with van der Waals surface area (Å²) in [6.07, 6.45) is 29.8. The SMILES string of the molecule is CCCCCCCCCCCCCCOCCCC(CCCCCCCCCC)C(CO)OCCOCCOCCOCCOCCOCCO. The van der Waals surface area contributed by atoms with Gasteiger partial charge < -0.3 is 43.4 Å². The average molecular weight is 735 g/mol. The first-order valence-corrected chi connectivity index (χ1v) is 21.6. The highest BCUT2D eigenvalue weighted by molar-refractivity contribution is 4.71. The molecule has 0 aliphatic rings. The predicted octanol–water partition coefficient (Wildman–Crippen LogP) is 9.08. The first-order chi connectivity index (χ1) is 25.3. The van der Waals surface area contributed by atoms with E-state index in [0.717, 1.165) is 32.5 Å². The van der Waals surface area contributed by atoms with Gasteiger partial charge in [-0.25, -0.2) is 0 Å². The summed E-state index contributed by atoms with van der Waals surface area (Å²) in [5, 5.41) is 18.9. The Kier molecular flexibility index (Phi) is 45.5. The highest BCUT2D eigenvalue weighted by Gasteiger charge is 2.21. The van der Waals surface area contributed by atoms with Crippen molar-refractivity contribution in [3.63, 3.8) is 0 Å². The maximum Gasteiger partial charge on any atom is 0.0834 e. The summed E-state index contributed by atoms with van der Waals surface area (Å²) in [7, 11) is 0. The van der Waals surface area contributed by atoms with Gasteiger partial charge in [-0.15, -0.1) is 0 Å². The summed E-state index contributed by atoms with van der Waals surface area (Å²) in [6, 6.07) is 0. The Morgan fingerprint density at radius 1 is 0.333 bits per heavy atom. The summed E-state index contributed by atoms with van der Waals surface area (Å²) >= 11 is 0. The Morgan fingerprint density at radius 2 is 0.667 bits per heavy atom. The van der Waals surface area contributed by atoms with Gasteiger partial charge in [0.15, 0.2) is 0 Å². The molecule has 51 heavy (non-hydrogen) atoms. The van der Waals surface area contributed by atoms with E-state index in [1.807, 2.05) is 0 Å². The molecule has 0 fully saturated rings. The van der Waals surface area contributed by atoms with Crippen molar-refractivity contribution in [3.05, 3.63) is 0 Å². The van der Waals surface area contributed by atoms with Gasteiger partial charge in [0.1, 0.15) is 0 Å². The van der Waals surface area contributed by atoms with Crippen molar-refractivity contribution in [2.45, 2.75) is 168 Å². The fourth-order valence-corrected chi connectivity index (χ4v) is 6.29. The summed E-state index contributed by atoms with van der Waals surface area (Å²) in [5.41, 5.74) is 0. The van der Waals surface area contributed by atoms with E-state index in [4.69, 9.17) is 38.3 Å². The second-order valence-corrected chi connectivity index (χ2v) is 14.0. The standard InChI is InChI=1S/C42H86O9/c1-3-5-7-9-11-13-14-15-16-18-20-22-27-45-28-23-25-41(24-21-19-17-12-10-8-6-4-2)42(40-44)51-39-38-50-37-36-49-35-34-48-33-32-47-31-30-46-29-26-43/h41-44H,3-40H2,1-2H3. The molecule has 9 nitrogen and oxygen atoms in total. The van der Waals surface area contributed by atoms with E-state index in [2.05, 4.69) is 13.8 Å². The molecule has 0 bridgehead atoms. The molecule has 0 saturated carbocycles. The summed E-state index contributed by atoms with van der Waals surface area (Å²) in [5.74, 6) is 0.346. The summed E-state index contributed by atoms with van der Waals surface area (Å²) in [6.45, 7) is 11.6. The van der Waals surface area contributed by atoms with Crippen molar-refractivity contribution < 1.29 is 43.4 Å². The molecule has 0 amide bonds. The Balaban J connectivity index is 4.04. The lowest BCUT2D eigenvalue weighted by Crippen LogP contribution is -2.30. The molecule has 0 aromatic carbocycles.